The molecule has 0 fully saturated rings. The molecule has 0 aliphatic carbocycles. The van der Waals surface area contributed by atoms with Crippen LogP contribution in [0.15, 0.2) is 53.7 Å². The van der Waals surface area contributed by atoms with Gasteiger partial charge < -0.3 is 10.7 Å². The van der Waals surface area contributed by atoms with E-state index in [1.165, 1.54) is 27.6 Å². The number of rotatable bonds is 4. The van der Waals surface area contributed by atoms with Crippen molar-refractivity contribution in [3.63, 3.8) is 0 Å². The Morgan fingerprint density at radius 2 is 1.89 bits per heavy atom. The predicted molar refractivity (Wildman–Crippen MR) is 113 cm³/mol. The summed E-state index contributed by atoms with van der Waals surface area (Å²) < 4.78 is 1.46. The van der Waals surface area contributed by atoms with Gasteiger partial charge in [-0.1, -0.05) is 59.8 Å². The van der Waals surface area contributed by atoms with Crippen molar-refractivity contribution in [3.05, 3.63) is 59.7 Å². The van der Waals surface area contributed by atoms with Crippen molar-refractivity contribution in [2.75, 3.05) is 17.3 Å². The van der Waals surface area contributed by atoms with Gasteiger partial charge in [0.25, 0.3) is 0 Å². The van der Waals surface area contributed by atoms with Crippen LogP contribution < -0.4 is 10.7 Å². The van der Waals surface area contributed by atoms with E-state index in [-0.39, 0.29) is 11.2 Å². The van der Waals surface area contributed by atoms with E-state index in [4.69, 9.17) is 5.84 Å². The van der Waals surface area contributed by atoms with Crippen LogP contribution >= 0.6 is 11.8 Å². The molecule has 0 bridgehead atoms. The molecule has 1 aliphatic heterocycles. The number of para-hydroxylation sites is 1. The molecular weight excluding hydrogens is 370 g/mol. The Labute approximate surface area is 168 Å². The Morgan fingerprint density at radius 3 is 2.68 bits per heavy atom. The Hall–Kier alpha value is -2.80. The van der Waals surface area contributed by atoms with Gasteiger partial charge in [0, 0.05) is 17.8 Å². The van der Waals surface area contributed by atoms with Gasteiger partial charge in [-0.25, -0.2) is 4.68 Å². The molecule has 0 spiro atoms. The Morgan fingerprint density at radius 1 is 1.14 bits per heavy atom. The van der Waals surface area contributed by atoms with Gasteiger partial charge in [0.2, 0.25) is 11.1 Å². The Bertz CT molecular complexity index is 998. The summed E-state index contributed by atoms with van der Waals surface area (Å²) in [5.41, 5.74) is 4.31. The maximum absolute atomic E-state index is 13.1. The van der Waals surface area contributed by atoms with Gasteiger partial charge >= 0.3 is 0 Å². The highest BCUT2D eigenvalue weighted by Crippen LogP contribution is 2.31. The Balaban J connectivity index is 1.52. The van der Waals surface area contributed by atoms with Crippen molar-refractivity contribution in [2.24, 2.45) is 0 Å². The van der Waals surface area contributed by atoms with E-state index >= 15 is 0 Å². The second-order valence-corrected chi connectivity index (χ2v) is 8.33. The number of nitrogens with two attached hydrogens (primary N) is 1. The van der Waals surface area contributed by atoms with Crippen LogP contribution in [0.25, 0.3) is 11.4 Å². The van der Waals surface area contributed by atoms with Crippen LogP contribution in [0.4, 0.5) is 5.69 Å². The Kier molecular flexibility index (Phi) is 5.09. The first-order valence-corrected chi connectivity index (χ1v) is 10.3. The maximum atomic E-state index is 13.1. The average molecular weight is 394 g/mol. The summed E-state index contributed by atoms with van der Waals surface area (Å²) >= 11 is 1.34. The van der Waals surface area contributed by atoms with Crippen LogP contribution in [0, 0.1) is 6.92 Å². The predicted octanol–water partition coefficient (Wildman–Crippen LogP) is 3.43. The summed E-state index contributed by atoms with van der Waals surface area (Å²) in [7, 11) is 0. The zero-order valence-corrected chi connectivity index (χ0v) is 16.8. The van der Waals surface area contributed by atoms with E-state index in [1.807, 2.05) is 61.2 Å². The molecule has 28 heavy (non-hydrogen) atoms. The molecule has 144 valence electrons. The number of anilines is 1. The summed E-state index contributed by atoms with van der Waals surface area (Å²) in [6, 6.07) is 16.1. The van der Waals surface area contributed by atoms with E-state index < -0.39 is 0 Å². The van der Waals surface area contributed by atoms with Gasteiger partial charge in [0.05, 0.1) is 5.25 Å². The molecule has 1 aliphatic rings. The maximum Gasteiger partial charge on any atom is 0.240 e. The standard InChI is InChI=1S/C21H23N5OS/c1-14-9-11-17(12-10-14)19-23-24-21(26(19)22)28-15(2)20(27)25-13-5-7-16-6-3-4-8-18(16)25/h3-4,6,8-12,15H,5,7,13,22H2,1-2H3. The van der Waals surface area contributed by atoms with Crippen LogP contribution in [-0.2, 0) is 11.2 Å². The van der Waals surface area contributed by atoms with Gasteiger partial charge in [0.15, 0.2) is 5.82 Å². The van der Waals surface area contributed by atoms with Crippen LogP contribution in [0.2, 0.25) is 0 Å². The lowest BCUT2D eigenvalue weighted by Gasteiger charge is -2.31. The SMILES string of the molecule is Cc1ccc(-c2nnc(SC(C)C(=O)N3CCCc4ccccc43)n2N)cc1. The third-order valence-electron chi connectivity index (χ3n) is 4.98. The van der Waals surface area contributed by atoms with Gasteiger partial charge in [0.1, 0.15) is 0 Å². The van der Waals surface area contributed by atoms with E-state index in [2.05, 4.69) is 16.3 Å². The lowest BCUT2D eigenvalue weighted by atomic mass is 10.0. The van der Waals surface area contributed by atoms with Crippen molar-refractivity contribution < 1.29 is 4.79 Å². The molecule has 1 aromatic heterocycles. The summed E-state index contributed by atoms with van der Waals surface area (Å²) in [4.78, 5) is 15.0. The number of amides is 1. The first kappa shape index (κ1) is 18.6. The minimum absolute atomic E-state index is 0.0667. The zero-order valence-electron chi connectivity index (χ0n) is 16.0. The van der Waals surface area contributed by atoms with Gasteiger partial charge in [-0.3, -0.25) is 4.79 Å². The quantitative estimate of drug-likeness (QED) is 0.543. The number of fused-ring (bicyclic) bond motifs is 1. The van der Waals surface area contributed by atoms with Gasteiger partial charge in [-0.15, -0.1) is 10.2 Å². The molecule has 2 heterocycles. The van der Waals surface area contributed by atoms with E-state index in [0.29, 0.717) is 11.0 Å². The minimum atomic E-state index is -0.316. The fourth-order valence-electron chi connectivity index (χ4n) is 3.45. The average Bonchev–Trinajstić information content (AvgIpc) is 3.08. The number of aromatic nitrogens is 3. The molecule has 4 rings (SSSR count). The summed E-state index contributed by atoms with van der Waals surface area (Å²) in [5.74, 6) is 6.88. The highest BCUT2D eigenvalue weighted by Gasteiger charge is 2.28. The molecule has 6 nitrogen and oxygen atoms in total. The fourth-order valence-corrected chi connectivity index (χ4v) is 4.28. The van der Waals surface area contributed by atoms with Crippen molar-refractivity contribution in [1.29, 1.82) is 0 Å². The molecule has 0 saturated heterocycles. The van der Waals surface area contributed by atoms with Crippen LogP contribution in [0.1, 0.15) is 24.5 Å². The largest absolute Gasteiger partial charge is 0.335 e. The third-order valence-corrected chi connectivity index (χ3v) is 6.02. The van der Waals surface area contributed by atoms with E-state index in [0.717, 1.165) is 30.6 Å². The zero-order chi connectivity index (χ0) is 19.7. The smallest absolute Gasteiger partial charge is 0.240 e. The van der Waals surface area contributed by atoms with Crippen molar-refractivity contribution >= 4 is 23.4 Å². The fraction of sp³-hybridized carbons (Fsp3) is 0.286. The number of nitrogen functional groups attached to an aromatic ring is 1. The molecule has 3 aromatic rings. The lowest BCUT2D eigenvalue weighted by Crippen LogP contribution is -2.40. The molecule has 2 aromatic carbocycles. The minimum Gasteiger partial charge on any atom is -0.335 e. The van der Waals surface area contributed by atoms with Crippen molar-refractivity contribution in [3.8, 4) is 11.4 Å². The molecule has 1 atom stereocenters. The molecule has 2 N–H and O–H groups in total. The number of hydrogen-bond donors (Lipinski definition) is 1. The van der Waals surface area contributed by atoms with Crippen LogP contribution in [0.5, 0.6) is 0 Å². The van der Waals surface area contributed by atoms with Gasteiger partial charge in [-0.05, 0) is 38.3 Å². The van der Waals surface area contributed by atoms with Crippen molar-refractivity contribution in [1.82, 2.24) is 14.9 Å². The highest BCUT2D eigenvalue weighted by molar-refractivity contribution is 8.00. The molecule has 1 amide bonds. The highest BCUT2D eigenvalue weighted by atomic mass is 32.2. The van der Waals surface area contributed by atoms with Gasteiger partial charge in [-0.2, -0.15) is 0 Å². The molecule has 0 saturated carbocycles. The summed E-state index contributed by atoms with van der Waals surface area (Å²) in [6.07, 6.45) is 1.99. The number of nitrogens with zero attached hydrogens (tertiary/aromatic N) is 4. The molecule has 1 unspecified atom stereocenters. The van der Waals surface area contributed by atoms with Crippen LogP contribution in [0.3, 0.4) is 0 Å². The number of thioether (sulfide) groups is 1. The van der Waals surface area contributed by atoms with E-state index in [9.17, 15) is 4.79 Å². The number of carbonyl (C=O) groups is 1. The number of aryl methyl sites for hydroxylation is 2. The monoisotopic (exact) mass is 393 g/mol. The van der Waals surface area contributed by atoms with Crippen LogP contribution in [-0.4, -0.2) is 32.6 Å². The molecule has 0 radical (unpaired) electrons. The molecular formula is C21H23N5OS. The number of benzene rings is 2. The second-order valence-electron chi connectivity index (χ2n) is 7.02. The number of carbonyl (C=O) groups excluding carboxylic acids is 1. The molecule has 7 heteroatoms. The third kappa shape index (κ3) is 3.49. The normalized spacial score (nSPS) is 14.6. The first-order valence-electron chi connectivity index (χ1n) is 9.38. The second kappa shape index (κ2) is 7.67. The van der Waals surface area contributed by atoms with Crippen molar-refractivity contribution in [2.45, 2.75) is 37.1 Å². The number of hydrogen-bond acceptors (Lipinski definition) is 5. The topological polar surface area (TPSA) is 77.0 Å². The first-order chi connectivity index (χ1) is 13.5. The summed E-state index contributed by atoms with van der Waals surface area (Å²) in [5, 5.41) is 8.64. The lowest BCUT2D eigenvalue weighted by molar-refractivity contribution is -0.117. The summed E-state index contributed by atoms with van der Waals surface area (Å²) in [6.45, 7) is 4.67. The van der Waals surface area contributed by atoms with E-state index in [1.54, 1.807) is 0 Å².